The number of benzene rings is 16. The van der Waals surface area contributed by atoms with Crippen molar-refractivity contribution in [3.8, 4) is 23.0 Å². The minimum Gasteiger partial charge on any atom is -0.541 e. The number of rotatable bonds is 37. The predicted octanol–water partition coefficient (Wildman–Crippen LogP) is 31.0. The standard InChI is InChI=1S/C110H94Br4Cl4O4Si4/c111-97-61-93(65-101(115)107(97)119-123(69-81-37-13-1-14-38-81,70-82-39-15-2-16-40-82)71-83-41-17-3-18-42-83)105(94-62-98(112)108(102(116)66-94)120-124(72-84-43-19-4-20-44-84,73-85-45-21-5-22-46-85)74-86-47-23-6-24-48-86)106(95-63-99(113)109(103(117)67-95)121-125(75-87-49-25-7-26-50-87,76-88-51-27-8-28-52-88)77-89-53-29-9-30-54-89)96-64-100(114)110(104(118)68-96)122-126(78-90-55-31-10-32-56-90,79-91-57-33-11-34-58-91)80-92-59-35-12-36-60-92/h1-68,105-106H,69-80H2. The molecule has 126 heavy (non-hydrogen) atoms. The van der Waals surface area contributed by atoms with Crippen LogP contribution in [0.25, 0.3) is 0 Å². The third-order valence-electron chi connectivity index (χ3n) is 23.6. The second kappa shape index (κ2) is 42.7. The topological polar surface area (TPSA) is 36.9 Å². The summed E-state index contributed by atoms with van der Waals surface area (Å²) < 4.78 is 34.8. The highest BCUT2D eigenvalue weighted by atomic mass is 79.9. The van der Waals surface area contributed by atoms with E-state index >= 15 is 0 Å². The maximum Gasteiger partial charge on any atom is 0.264 e. The summed E-state index contributed by atoms with van der Waals surface area (Å²) in [6, 6.07) is 155. The quantitative estimate of drug-likeness (QED) is 0.0364. The molecule has 16 aromatic carbocycles. The highest BCUT2D eigenvalue weighted by molar-refractivity contribution is 9.11. The van der Waals surface area contributed by atoms with Crippen LogP contribution >= 0.6 is 110 Å². The summed E-state index contributed by atoms with van der Waals surface area (Å²) in [5, 5.41) is 1.71. The fourth-order valence-corrected chi connectivity index (χ4v) is 39.6. The Morgan fingerprint density at radius 1 is 0.175 bits per heavy atom. The van der Waals surface area contributed by atoms with Crippen molar-refractivity contribution in [1.29, 1.82) is 0 Å². The van der Waals surface area contributed by atoms with Gasteiger partial charge in [0.05, 0.1) is 38.0 Å². The summed E-state index contributed by atoms with van der Waals surface area (Å²) in [5.74, 6) is 0.899. The van der Waals surface area contributed by atoms with Crippen LogP contribution in [0.2, 0.25) is 20.1 Å². The van der Waals surface area contributed by atoms with Gasteiger partial charge in [0, 0.05) is 84.4 Å². The van der Waals surface area contributed by atoms with E-state index in [0.717, 1.165) is 22.3 Å². The average molecular weight is 2050 g/mol. The maximum absolute atomic E-state index is 8.29. The van der Waals surface area contributed by atoms with E-state index in [1.165, 1.54) is 66.8 Å². The molecule has 4 nitrogen and oxygen atoms in total. The zero-order valence-corrected chi connectivity index (χ0v) is 82.9. The van der Waals surface area contributed by atoms with Crippen LogP contribution in [0, 0.1) is 0 Å². The van der Waals surface area contributed by atoms with Crippen molar-refractivity contribution in [2.75, 3.05) is 0 Å². The number of halogens is 8. The van der Waals surface area contributed by atoms with Crippen LogP contribution in [-0.2, 0) is 72.5 Å². The molecule has 0 heterocycles. The van der Waals surface area contributed by atoms with Gasteiger partial charge in [-0.2, -0.15) is 0 Å². The lowest BCUT2D eigenvalue weighted by Gasteiger charge is -2.36. The van der Waals surface area contributed by atoms with Gasteiger partial charge in [0.2, 0.25) is 0 Å². The molecule has 0 spiro atoms. The molecule has 16 aromatic rings. The lowest BCUT2D eigenvalue weighted by Crippen LogP contribution is -2.50. The van der Waals surface area contributed by atoms with Crippen LogP contribution in [0.3, 0.4) is 0 Å². The Kier molecular flexibility index (Phi) is 30.5. The van der Waals surface area contributed by atoms with Gasteiger partial charge in [-0.3, -0.25) is 0 Å². The fraction of sp³-hybridized carbons (Fsp3) is 0.127. The van der Waals surface area contributed by atoms with Crippen molar-refractivity contribution in [2.24, 2.45) is 0 Å². The smallest absolute Gasteiger partial charge is 0.264 e. The molecular formula is C110H94Br4Cl4O4Si4. The summed E-state index contributed by atoms with van der Waals surface area (Å²) in [7, 11) is -12.3. The average Bonchev–Trinajstić information content (AvgIpc) is 0.726. The van der Waals surface area contributed by atoms with Gasteiger partial charge in [-0.1, -0.05) is 410 Å². The molecule has 0 aliphatic heterocycles. The highest BCUT2D eigenvalue weighted by Gasteiger charge is 2.45. The van der Waals surface area contributed by atoms with E-state index in [1.54, 1.807) is 0 Å². The molecule has 0 radical (unpaired) electrons. The van der Waals surface area contributed by atoms with Gasteiger partial charge >= 0.3 is 0 Å². The second-order valence-corrected chi connectivity index (χ2v) is 52.9. The second-order valence-electron chi connectivity index (χ2n) is 33.3. The Hall–Kier alpha value is -9.33. The molecule has 0 atom stereocenters. The molecule has 0 aliphatic carbocycles. The van der Waals surface area contributed by atoms with Gasteiger partial charge in [-0.05, 0) is 201 Å². The van der Waals surface area contributed by atoms with E-state index in [2.05, 4.69) is 476 Å². The Balaban J connectivity index is 0.924. The van der Waals surface area contributed by atoms with Crippen LogP contribution in [0.15, 0.2) is 430 Å². The van der Waals surface area contributed by atoms with Crippen LogP contribution in [0.4, 0.5) is 0 Å². The zero-order valence-electron chi connectivity index (χ0n) is 69.6. The van der Waals surface area contributed by atoms with E-state index < -0.39 is 45.1 Å². The van der Waals surface area contributed by atoms with Crippen LogP contribution in [0.5, 0.6) is 23.0 Å². The maximum atomic E-state index is 8.29. The Morgan fingerprint density at radius 2 is 0.286 bits per heavy atom. The summed E-state index contributed by atoms with van der Waals surface area (Å²) in [5.41, 5.74) is 17.6. The lowest BCUT2D eigenvalue weighted by molar-refractivity contribution is 0.518. The SMILES string of the molecule is Clc1cc(C(c2cc(Cl)c(O[Si](Cc3ccccc3)(Cc3ccccc3)Cc3ccccc3)c(Br)c2)C(c2cc(Cl)c(O[Si](Cc3ccccc3)(Cc3ccccc3)Cc3ccccc3)c(Br)c2)c2cc(Cl)c(O[Si](Cc3ccccc3)(Cc3ccccc3)Cc3ccccc3)c(Br)c2)cc(Br)c1O[Si](Cc1ccccc1)(Cc1ccccc1)Cc1ccccc1. The third-order valence-corrected chi connectivity index (χ3v) is 42.2. The Labute approximate surface area is 800 Å². The van der Waals surface area contributed by atoms with Crippen molar-refractivity contribution < 1.29 is 17.7 Å². The van der Waals surface area contributed by atoms with Crippen LogP contribution < -0.4 is 17.7 Å². The minimum atomic E-state index is -3.08. The molecule has 0 unspecified atom stereocenters. The molecule has 0 saturated carbocycles. The highest BCUT2D eigenvalue weighted by Crippen LogP contribution is 2.54. The van der Waals surface area contributed by atoms with Crippen molar-refractivity contribution in [3.63, 3.8) is 0 Å². The van der Waals surface area contributed by atoms with E-state index in [0.29, 0.717) is 134 Å². The first-order chi connectivity index (χ1) is 61.5. The van der Waals surface area contributed by atoms with Crippen molar-refractivity contribution in [2.45, 2.75) is 84.4 Å². The molecule has 16 heteroatoms. The summed E-state index contributed by atoms with van der Waals surface area (Å²) in [6.45, 7) is 0. The van der Waals surface area contributed by atoms with Gasteiger partial charge in [-0.15, -0.1) is 0 Å². The van der Waals surface area contributed by atoms with Crippen LogP contribution in [-0.4, -0.2) is 33.3 Å². The molecule has 0 N–H and O–H groups in total. The first-order valence-electron chi connectivity index (χ1n) is 42.7. The predicted molar refractivity (Wildman–Crippen MR) is 548 cm³/mol. The number of hydrogen-bond donors (Lipinski definition) is 0. The minimum absolute atomic E-state index is 0.428. The van der Waals surface area contributed by atoms with E-state index in [-0.39, 0.29) is 0 Å². The lowest BCUT2D eigenvalue weighted by atomic mass is 9.73. The van der Waals surface area contributed by atoms with E-state index in [1.807, 2.05) is 0 Å². The molecule has 0 aromatic heterocycles. The zero-order chi connectivity index (χ0) is 86.7. The van der Waals surface area contributed by atoms with Crippen molar-refractivity contribution in [3.05, 3.63) is 540 Å². The normalized spacial score (nSPS) is 11.9. The summed E-state index contributed by atoms with van der Waals surface area (Å²) in [6.07, 6.45) is 0. The van der Waals surface area contributed by atoms with E-state index in [9.17, 15) is 0 Å². The molecule has 16 rings (SSSR count). The number of hydrogen-bond acceptors (Lipinski definition) is 4. The molecule has 0 bridgehead atoms. The van der Waals surface area contributed by atoms with Gasteiger partial charge < -0.3 is 17.7 Å². The van der Waals surface area contributed by atoms with Gasteiger partial charge in [0.25, 0.3) is 33.3 Å². The van der Waals surface area contributed by atoms with Crippen LogP contribution in [0.1, 0.15) is 101 Å². The molecule has 0 saturated heterocycles. The molecule has 630 valence electrons. The van der Waals surface area contributed by atoms with Gasteiger partial charge in [-0.25, -0.2) is 0 Å². The van der Waals surface area contributed by atoms with Gasteiger partial charge in [0.1, 0.15) is 23.0 Å². The molecular weight excluding hydrogens is 1960 g/mol. The third kappa shape index (κ3) is 23.6. The first kappa shape index (κ1) is 90.0. The van der Waals surface area contributed by atoms with E-state index in [4.69, 9.17) is 64.1 Å². The van der Waals surface area contributed by atoms with Crippen molar-refractivity contribution in [1.82, 2.24) is 0 Å². The Morgan fingerprint density at radius 3 is 0.389 bits per heavy atom. The molecule has 0 amide bonds. The first-order valence-corrected chi connectivity index (χ1v) is 57.5. The summed E-state index contributed by atoms with van der Waals surface area (Å²) in [4.78, 5) is 0. The monoisotopic (exact) mass is 2050 g/mol. The molecule has 0 fully saturated rings. The fourth-order valence-electron chi connectivity index (χ4n) is 18.2. The van der Waals surface area contributed by atoms with Gasteiger partial charge in [0.15, 0.2) is 0 Å². The largest absolute Gasteiger partial charge is 0.541 e. The molecule has 0 aliphatic rings. The Bertz CT molecular complexity index is 4960. The van der Waals surface area contributed by atoms with Crippen molar-refractivity contribution >= 4 is 143 Å². The summed E-state index contributed by atoms with van der Waals surface area (Å²) >= 11 is 50.4.